The van der Waals surface area contributed by atoms with E-state index in [1.807, 2.05) is 11.8 Å². The zero-order chi connectivity index (χ0) is 12.8. The second-order valence-electron chi connectivity index (χ2n) is 4.17. The number of likely N-dealkylation sites (N-methyl/N-ethyl adjacent to an activating group) is 1. The second-order valence-corrected chi connectivity index (χ2v) is 4.17. The summed E-state index contributed by atoms with van der Waals surface area (Å²) in [6.07, 6.45) is 0.632. The Hall–Kier alpha value is -1.30. The number of amides is 3. The number of piperazine rings is 1. The van der Waals surface area contributed by atoms with Crippen molar-refractivity contribution in [2.45, 2.75) is 19.4 Å². The first-order valence-electron chi connectivity index (χ1n) is 6.05. The molecule has 2 N–H and O–H groups in total. The standard InChI is InChI=1S/C11H22N4O2/c1-4-9(14(3)11(17)12-2)10(16)15-7-5-13-6-8-15/h9,13H,4-8H2,1-3H3,(H,12,17). The average molecular weight is 242 g/mol. The van der Waals surface area contributed by atoms with Crippen LogP contribution in [0.25, 0.3) is 0 Å². The normalized spacial score (nSPS) is 17.5. The summed E-state index contributed by atoms with van der Waals surface area (Å²) in [6, 6.07) is -0.589. The smallest absolute Gasteiger partial charge is 0.317 e. The van der Waals surface area contributed by atoms with Gasteiger partial charge in [0.25, 0.3) is 0 Å². The average Bonchev–Trinajstić information content (AvgIpc) is 2.39. The van der Waals surface area contributed by atoms with Gasteiger partial charge >= 0.3 is 6.03 Å². The lowest BCUT2D eigenvalue weighted by Gasteiger charge is -2.34. The lowest BCUT2D eigenvalue weighted by Crippen LogP contribution is -2.55. The molecule has 0 aromatic rings. The van der Waals surface area contributed by atoms with E-state index in [4.69, 9.17) is 0 Å². The maximum atomic E-state index is 12.3. The van der Waals surface area contributed by atoms with E-state index in [2.05, 4.69) is 10.6 Å². The van der Waals surface area contributed by atoms with Crippen LogP contribution in [-0.4, -0.2) is 68.1 Å². The minimum absolute atomic E-state index is 0.0418. The Bertz CT molecular complexity index is 277. The van der Waals surface area contributed by atoms with E-state index in [1.54, 1.807) is 14.1 Å². The highest BCUT2D eigenvalue weighted by Crippen LogP contribution is 2.08. The molecule has 1 saturated heterocycles. The van der Waals surface area contributed by atoms with Gasteiger partial charge in [-0.05, 0) is 6.42 Å². The Kier molecular flexibility index (Phi) is 5.21. The molecule has 0 aromatic heterocycles. The van der Waals surface area contributed by atoms with Crippen molar-refractivity contribution in [2.75, 3.05) is 40.3 Å². The van der Waals surface area contributed by atoms with Crippen LogP contribution in [0.4, 0.5) is 4.79 Å². The molecule has 6 nitrogen and oxygen atoms in total. The Morgan fingerprint density at radius 1 is 1.41 bits per heavy atom. The summed E-state index contributed by atoms with van der Waals surface area (Å²) in [5.74, 6) is 0.0418. The fourth-order valence-electron chi connectivity index (χ4n) is 2.03. The molecular formula is C11H22N4O2. The van der Waals surface area contributed by atoms with Crippen molar-refractivity contribution in [3.63, 3.8) is 0 Å². The molecule has 3 amide bonds. The van der Waals surface area contributed by atoms with E-state index in [1.165, 1.54) is 4.90 Å². The summed E-state index contributed by atoms with van der Waals surface area (Å²) in [7, 11) is 3.23. The third-order valence-electron chi connectivity index (χ3n) is 3.10. The van der Waals surface area contributed by atoms with Crippen molar-refractivity contribution < 1.29 is 9.59 Å². The number of hydrogen-bond acceptors (Lipinski definition) is 3. The Balaban J connectivity index is 2.65. The van der Waals surface area contributed by atoms with Crippen molar-refractivity contribution in [3.05, 3.63) is 0 Å². The third kappa shape index (κ3) is 3.33. The molecule has 1 rings (SSSR count). The van der Waals surface area contributed by atoms with E-state index in [0.717, 1.165) is 26.2 Å². The predicted octanol–water partition coefficient (Wildman–Crippen LogP) is -0.532. The summed E-state index contributed by atoms with van der Waals surface area (Å²) in [5, 5.41) is 5.74. The summed E-state index contributed by atoms with van der Waals surface area (Å²) in [4.78, 5) is 27.1. The SMILES string of the molecule is CCC(C(=O)N1CCNCC1)N(C)C(=O)NC. The van der Waals surface area contributed by atoms with Crippen LogP contribution in [0, 0.1) is 0 Å². The van der Waals surface area contributed by atoms with E-state index in [-0.39, 0.29) is 18.0 Å². The summed E-state index contributed by atoms with van der Waals surface area (Å²) in [5.41, 5.74) is 0. The van der Waals surface area contributed by atoms with E-state index >= 15 is 0 Å². The molecule has 1 fully saturated rings. The molecule has 0 aromatic carbocycles. The van der Waals surface area contributed by atoms with E-state index in [9.17, 15) is 9.59 Å². The highest BCUT2D eigenvalue weighted by atomic mass is 16.2. The fraction of sp³-hybridized carbons (Fsp3) is 0.818. The van der Waals surface area contributed by atoms with Gasteiger partial charge in [0.05, 0.1) is 0 Å². The van der Waals surface area contributed by atoms with Crippen molar-refractivity contribution >= 4 is 11.9 Å². The Morgan fingerprint density at radius 3 is 2.47 bits per heavy atom. The monoisotopic (exact) mass is 242 g/mol. The van der Waals surface area contributed by atoms with Crippen LogP contribution in [0.15, 0.2) is 0 Å². The van der Waals surface area contributed by atoms with E-state index in [0.29, 0.717) is 6.42 Å². The first kappa shape index (κ1) is 13.8. The van der Waals surface area contributed by atoms with Gasteiger partial charge in [-0.25, -0.2) is 4.79 Å². The number of hydrogen-bond donors (Lipinski definition) is 2. The quantitative estimate of drug-likeness (QED) is 0.699. The molecular weight excluding hydrogens is 220 g/mol. The van der Waals surface area contributed by atoms with Gasteiger partial charge in [-0.3, -0.25) is 4.79 Å². The number of carbonyl (C=O) groups excluding carboxylic acids is 2. The van der Waals surface area contributed by atoms with Crippen molar-refractivity contribution in [1.82, 2.24) is 20.4 Å². The van der Waals surface area contributed by atoms with Gasteiger partial charge in [-0.15, -0.1) is 0 Å². The number of urea groups is 1. The molecule has 1 aliphatic heterocycles. The maximum Gasteiger partial charge on any atom is 0.317 e. The minimum Gasteiger partial charge on any atom is -0.341 e. The summed E-state index contributed by atoms with van der Waals surface area (Å²) >= 11 is 0. The van der Waals surface area contributed by atoms with Gasteiger partial charge in [-0.2, -0.15) is 0 Å². The van der Waals surface area contributed by atoms with Gasteiger partial charge in [0, 0.05) is 40.3 Å². The van der Waals surface area contributed by atoms with E-state index < -0.39 is 0 Å². The molecule has 98 valence electrons. The van der Waals surface area contributed by atoms with Crippen LogP contribution in [0.1, 0.15) is 13.3 Å². The number of rotatable bonds is 3. The highest BCUT2D eigenvalue weighted by molar-refractivity contribution is 5.87. The maximum absolute atomic E-state index is 12.3. The molecule has 1 atom stereocenters. The number of nitrogens with zero attached hydrogens (tertiary/aromatic N) is 2. The lowest BCUT2D eigenvalue weighted by molar-refractivity contribution is -0.136. The molecule has 0 radical (unpaired) electrons. The molecule has 0 spiro atoms. The fourth-order valence-corrected chi connectivity index (χ4v) is 2.03. The van der Waals surface area contributed by atoms with Crippen LogP contribution >= 0.6 is 0 Å². The molecule has 17 heavy (non-hydrogen) atoms. The molecule has 0 bridgehead atoms. The Morgan fingerprint density at radius 2 is 2.00 bits per heavy atom. The zero-order valence-corrected chi connectivity index (χ0v) is 10.8. The molecule has 0 saturated carbocycles. The van der Waals surface area contributed by atoms with Crippen LogP contribution < -0.4 is 10.6 Å². The molecule has 1 aliphatic rings. The zero-order valence-electron chi connectivity index (χ0n) is 10.8. The third-order valence-corrected chi connectivity index (χ3v) is 3.10. The van der Waals surface area contributed by atoms with Gasteiger partial charge in [0.15, 0.2) is 0 Å². The number of nitrogens with one attached hydrogen (secondary N) is 2. The van der Waals surface area contributed by atoms with Gasteiger partial charge in [0.2, 0.25) is 5.91 Å². The molecule has 0 aliphatic carbocycles. The first-order chi connectivity index (χ1) is 8.11. The predicted molar refractivity (Wildman–Crippen MR) is 65.7 cm³/mol. The minimum atomic E-state index is -0.368. The Labute approximate surface area is 102 Å². The molecule has 1 heterocycles. The van der Waals surface area contributed by atoms with Crippen LogP contribution in [0.3, 0.4) is 0 Å². The largest absolute Gasteiger partial charge is 0.341 e. The first-order valence-corrected chi connectivity index (χ1v) is 6.05. The topological polar surface area (TPSA) is 64.7 Å². The molecule has 6 heteroatoms. The van der Waals surface area contributed by atoms with Crippen LogP contribution in [0.5, 0.6) is 0 Å². The van der Waals surface area contributed by atoms with Gasteiger partial charge < -0.3 is 20.4 Å². The van der Waals surface area contributed by atoms with Crippen molar-refractivity contribution in [3.8, 4) is 0 Å². The summed E-state index contributed by atoms with van der Waals surface area (Å²) in [6.45, 7) is 5.01. The van der Waals surface area contributed by atoms with Crippen molar-refractivity contribution in [2.24, 2.45) is 0 Å². The van der Waals surface area contributed by atoms with Crippen LogP contribution in [-0.2, 0) is 4.79 Å². The number of carbonyl (C=O) groups is 2. The molecule has 1 unspecified atom stereocenters. The second kappa shape index (κ2) is 6.44. The lowest BCUT2D eigenvalue weighted by atomic mass is 10.1. The summed E-state index contributed by atoms with van der Waals surface area (Å²) < 4.78 is 0. The van der Waals surface area contributed by atoms with Gasteiger partial charge in [0.1, 0.15) is 6.04 Å². The van der Waals surface area contributed by atoms with Gasteiger partial charge in [-0.1, -0.05) is 6.92 Å². The van der Waals surface area contributed by atoms with Crippen LogP contribution in [0.2, 0.25) is 0 Å². The van der Waals surface area contributed by atoms with Crippen molar-refractivity contribution in [1.29, 1.82) is 0 Å². The highest BCUT2D eigenvalue weighted by Gasteiger charge is 2.29.